The van der Waals surface area contributed by atoms with Crippen molar-refractivity contribution in [2.45, 2.75) is 9.24 Å². The van der Waals surface area contributed by atoms with Gasteiger partial charge in [-0.05, 0) is 54.6 Å². The molecule has 4 rings (SSSR count). The Morgan fingerprint density at radius 1 is 0.967 bits per heavy atom. The van der Waals surface area contributed by atoms with Gasteiger partial charge in [0.2, 0.25) is 0 Å². The maximum atomic E-state index is 12.4. The quantitative estimate of drug-likeness (QED) is 0.294. The molecule has 5 nitrogen and oxygen atoms in total. The lowest BCUT2D eigenvalue weighted by atomic mass is 10.2. The van der Waals surface area contributed by atoms with E-state index in [1.54, 1.807) is 59.8 Å². The first kappa shape index (κ1) is 19.9. The molecule has 0 bridgehead atoms. The number of nitrogens with one attached hydrogen (secondary N) is 1. The zero-order valence-corrected chi connectivity index (χ0v) is 17.4. The number of thiophene rings is 1. The van der Waals surface area contributed by atoms with Gasteiger partial charge in [0.15, 0.2) is 0 Å². The zero-order chi connectivity index (χ0) is 20.6. The van der Waals surface area contributed by atoms with Crippen LogP contribution in [0.25, 0.3) is 0 Å². The number of ether oxygens (including phenoxy) is 1. The lowest BCUT2D eigenvalue weighted by molar-refractivity contribution is 0.0955. The van der Waals surface area contributed by atoms with Crippen LogP contribution >= 0.6 is 23.1 Å². The maximum Gasteiger partial charge on any atom is 0.271 e. The molecule has 0 fully saturated rings. The largest absolute Gasteiger partial charge is 0.457 e. The summed E-state index contributed by atoms with van der Waals surface area (Å²) in [5.74, 6) is 1.00. The van der Waals surface area contributed by atoms with Crippen LogP contribution in [-0.4, -0.2) is 17.1 Å². The smallest absolute Gasteiger partial charge is 0.271 e. The molecule has 0 spiro atoms. The Hall–Kier alpha value is -3.42. The second-order valence-corrected chi connectivity index (χ2v) is 8.50. The van der Waals surface area contributed by atoms with Crippen LogP contribution < -0.4 is 10.2 Å². The summed E-state index contributed by atoms with van der Waals surface area (Å²) in [5, 5.41) is 5.01. The average molecular weight is 432 g/mol. The Bertz CT molecular complexity index is 1150. The molecule has 0 saturated carbocycles. The molecule has 30 heavy (non-hydrogen) atoms. The molecule has 1 N–H and O–H groups in total. The van der Waals surface area contributed by atoms with E-state index in [0.29, 0.717) is 17.1 Å². The van der Waals surface area contributed by atoms with Gasteiger partial charge in [0.05, 0.1) is 10.4 Å². The number of hydrogen-bond donors (Lipinski definition) is 1. The fourth-order valence-corrected chi connectivity index (χ4v) is 4.44. The normalized spacial score (nSPS) is 10.8. The van der Waals surface area contributed by atoms with E-state index in [9.17, 15) is 4.79 Å². The topological polar surface area (TPSA) is 63.6 Å². The number of aromatic nitrogens is 1. The van der Waals surface area contributed by atoms with E-state index < -0.39 is 0 Å². The van der Waals surface area contributed by atoms with Crippen LogP contribution in [0.15, 0.2) is 105 Å². The highest BCUT2D eigenvalue weighted by molar-refractivity contribution is 8.01. The first-order valence-corrected chi connectivity index (χ1v) is 10.7. The van der Waals surface area contributed by atoms with Crippen LogP contribution in [0.5, 0.6) is 11.5 Å². The molecule has 148 valence electrons. The minimum Gasteiger partial charge on any atom is -0.457 e. The summed E-state index contributed by atoms with van der Waals surface area (Å²) in [6, 6.07) is 26.2. The third kappa shape index (κ3) is 5.56. The lowest BCUT2D eigenvalue weighted by Gasteiger charge is -2.06. The van der Waals surface area contributed by atoms with Crippen LogP contribution in [-0.2, 0) is 0 Å². The van der Waals surface area contributed by atoms with Crippen molar-refractivity contribution in [2.75, 3.05) is 0 Å². The molecule has 2 aromatic carbocycles. The highest BCUT2D eigenvalue weighted by Gasteiger charge is 2.07. The fraction of sp³-hybridized carbons (Fsp3) is 0. The molecular weight excluding hydrogens is 414 g/mol. The Balaban J connectivity index is 1.34. The summed E-state index contributed by atoms with van der Waals surface area (Å²) in [6.07, 6.45) is 3.41. The molecule has 0 aliphatic carbocycles. The number of nitrogens with zero attached hydrogens (tertiary/aromatic N) is 2. The number of carbonyl (C=O) groups is 1. The molecule has 0 aliphatic rings. The number of carbonyl (C=O) groups excluding carboxylic acids is 1. The van der Waals surface area contributed by atoms with Crippen molar-refractivity contribution in [1.82, 2.24) is 10.4 Å². The highest BCUT2D eigenvalue weighted by Crippen LogP contribution is 2.31. The second-order valence-electron chi connectivity index (χ2n) is 6.07. The van der Waals surface area contributed by atoms with Gasteiger partial charge in [-0.3, -0.25) is 4.79 Å². The van der Waals surface area contributed by atoms with E-state index in [-0.39, 0.29) is 5.91 Å². The molecule has 7 heteroatoms. The predicted molar refractivity (Wildman–Crippen MR) is 121 cm³/mol. The molecule has 2 aromatic heterocycles. The summed E-state index contributed by atoms with van der Waals surface area (Å²) in [5.41, 5.74) is 3.03. The average Bonchev–Trinajstić information content (AvgIpc) is 3.22. The van der Waals surface area contributed by atoms with Gasteiger partial charge in [-0.15, -0.1) is 11.3 Å². The standard InChI is InChI=1S/C23H17N3O2S2/c27-23(17-7-6-10-19(15-17)28-18-8-2-1-3-9-18)26-25-16-20-12-13-22(29-20)30-21-11-4-5-14-24-21/h1-16H,(H,26,27)/b25-16+. The van der Waals surface area contributed by atoms with Gasteiger partial charge < -0.3 is 4.74 Å². The molecule has 4 aromatic rings. The summed E-state index contributed by atoms with van der Waals surface area (Å²) >= 11 is 3.17. The molecule has 2 heterocycles. The second kappa shape index (κ2) is 9.87. The fourth-order valence-electron chi connectivity index (χ4n) is 2.51. The minimum absolute atomic E-state index is 0.301. The SMILES string of the molecule is O=C(N/N=C/c1ccc(Sc2ccccn2)s1)c1cccc(Oc2ccccc2)c1. The zero-order valence-electron chi connectivity index (χ0n) is 15.8. The highest BCUT2D eigenvalue weighted by atomic mass is 32.2. The number of hydrogen-bond acceptors (Lipinski definition) is 6. The summed E-state index contributed by atoms with van der Waals surface area (Å²) in [6.45, 7) is 0. The number of rotatable bonds is 7. The predicted octanol–water partition coefficient (Wildman–Crippen LogP) is 5.85. The number of para-hydroxylation sites is 1. The lowest BCUT2D eigenvalue weighted by Crippen LogP contribution is -2.17. The molecule has 0 atom stereocenters. The minimum atomic E-state index is -0.301. The summed E-state index contributed by atoms with van der Waals surface area (Å²) in [4.78, 5) is 17.6. The van der Waals surface area contributed by atoms with Crippen LogP contribution in [0, 0.1) is 0 Å². The molecule has 0 saturated heterocycles. The molecule has 1 amide bonds. The maximum absolute atomic E-state index is 12.4. The van der Waals surface area contributed by atoms with E-state index in [1.807, 2.05) is 60.7 Å². The van der Waals surface area contributed by atoms with Crippen molar-refractivity contribution in [2.24, 2.45) is 5.10 Å². The summed E-state index contributed by atoms with van der Waals surface area (Å²) < 4.78 is 6.87. The van der Waals surface area contributed by atoms with Gasteiger partial charge in [0.1, 0.15) is 16.5 Å². The van der Waals surface area contributed by atoms with Gasteiger partial charge in [-0.25, -0.2) is 10.4 Å². The van der Waals surface area contributed by atoms with Crippen molar-refractivity contribution in [3.05, 3.63) is 102 Å². The van der Waals surface area contributed by atoms with Gasteiger partial charge in [-0.2, -0.15) is 5.10 Å². The van der Waals surface area contributed by atoms with E-state index in [2.05, 4.69) is 15.5 Å². The van der Waals surface area contributed by atoms with E-state index in [0.717, 1.165) is 14.1 Å². The van der Waals surface area contributed by atoms with E-state index >= 15 is 0 Å². The van der Waals surface area contributed by atoms with Crippen LogP contribution in [0.1, 0.15) is 15.2 Å². The number of pyridine rings is 1. The van der Waals surface area contributed by atoms with Gasteiger partial charge in [0.25, 0.3) is 5.91 Å². The van der Waals surface area contributed by atoms with Crippen LogP contribution in [0.3, 0.4) is 0 Å². The Labute approximate surface area is 182 Å². The first-order chi connectivity index (χ1) is 14.8. The van der Waals surface area contributed by atoms with Crippen molar-refractivity contribution >= 4 is 35.2 Å². The van der Waals surface area contributed by atoms with Crippen molar-refractivity contribution in [3.8, 4) is 11.5 Å². The third-order valence-corrected chi connectivity index (χ3v) is 5.98. The van der Waals surface area contributed by atoms with Gasteiger partial charge in [-0.1, -0.05) is 42.1 Å². The molecule has 0 radical (unpaired) electrons. The molecule has 0 aliphatic heterocycles. The first-order valence-electron chi connectivity index (χ1n) is 9.11. The number of benzene rings is 2. The van der Waals surface area contributed by atoms with E-state index in [1.165, 1.54) is 0 Å². The Morgan fingerprint density at radius 2 is 1.80 bits per heavy atom. The van der Waals surface area contributed by atoms with Gasteiger partial charge in [0, 0.05) is 16.6 Å². The van der Waals surface area contributed by atoms with E-state index in [4.69, 9.17) is 4.74 Å². The summed E-state index contributed by atoms with van der Waals surface area (Å²) in [7, 11) is 0. The van der Waals surface area contributed by atoms with Crippen LogP contribution in [0.2, 0.25) is 0 Å². The monoisotopic (exact) mass is 431 g/mol. The number of amides is 1. The van der Waals surface area contributed by atoms with Crippen molar-refractivity contribution in [3.63, 3.8) is 0 Å². The number of hydrazone groups is 1. The third-order valence-electron chi connectivity index (χ3n) is 3.88. The van der Waals surface area contributed by atoms with Crippen LogP contribution in [0.4, 0.5) is 0 Å². The van der Waals surface area contributed by atoms with Crippen molar-refractivity contribution < 1.29 is 9.53 Å². The van der Waals surface area contributed by atoms with Gasteiger partial charge >= 0.3 is 0 Å². The Kier molecular flexibility index (Phi) is 6.54. The molecular formula is C23H17N3O2S2. The Morgan fingerprint density at radius 3 is 2.63 bits per heavy atom. The van der Waals surface area contributed by atoms with Crippen molar-refractivity contribution in [1.29, 1.82) is 0 Å². The molecule has 0 unspecified atom stereocenters.